The number of aromatic nitrogens is 1. The lowest BCUT2D eigenvalue weighted by Crippen LogP contribution is -2.38. The minimum absolute atomic E-state index is 0.0108. The van der Waals surface area contributed by atoms with E-state index < -0.39 is 0 Å². The lowest BCUT2D eigenvalue weighted by Gasteiger charge is -2.26. The summed E-state index contributed by atoms with van der Waals surface area (Å²) in [6, 6.07) is 10.5. The Hall–Kier alpha value is -1.81. The van der Waals surface area contributed by atoms with E-state index in [0.717, 1.165) is 10.8 Å². The minimum atomic E-state index is 0.0108. The number of nitrogen functional groups attached to an aromatic ring is 1. The van der Waals surface area contributed by atoms with Crippen molar-refractivity contribution in [3.63, 3.8) is 0 Å². The molecule has 1 aromatic heterocycles. The van der Waals surface area contributed by atoms with Gasteiger partial charge < -0.3 is 5.73 Å². The predicted octanol–water partition coefficient (Wildman–Crippen LogP) is 2.07. The Kier molecular flexibility index (Phi) is 3.26. The molecule has 1 aliphatic rings. The van der Waals surface area contributed by atoms with Gasteiger partial charge in [0.2, 0.25) is 0 Å². The van der Waals surface area contributed by atoms with Gasteiger partial charge in [-0.2, -0.15) is 0 Å². The molecule has 4 nitrogen and oxygen atoms in total. The second-order valence-electron chi connectivity index (χ2n) is 5.82. The minimum Gasteiger partial charge on any atom is -0.385 e. The van der Waals surface area contributed by atoms with Gasteiger partial charge in [-0.1, -0.05) is 18.2 Å². The molecule has 0 aliphatic heterocycles. The maximum atomic E-state index is 12.6. The summed E-state index contributed by atoms with van der Waals surface area (Å²) in [5.74, 6) is 0.546. The summed E-state index contributed by atoms with van der Waals surface area (Å²) in [4.78, 5) is 14.9. The number of nitrogens with zero attached hydrogens (tertiary/aromatic N) is 2. The van der Waals surface area contributed by atoms with Crippen LogP contribution in [0.2, 0.25) is 0 Å². The standard InChI is InChI=1S/C16H21N3O/c1-11(18(2)13-7-8-13)10-19-15(17)9-12-5-3-4-6-14(12)16(19)20/h3-6,9,11,13H,7-8,10,17H2,1-2H3. The normalized spacial score (nSPS) is 16.8. The van der Waals surface area contributed by atoms with E-state index in [-0.39, 0.29) is 5.56 Å². The van der Waals surface area contributed by atoms with E-state index >= 15 is 0 Å². The molecule has 20 heavy (non-hydrogen) atoms. The first-order valence-electron chi connectivity index (χ1n) is 7.18. The van der Waals surface area contributed by atoms with Crippen LogP contribution < -0.4 is 11.3 Å². The zero-order chi connectivity index (χ0) is 14.3. The fourth-order valence-electron chi connectivity index (χ4n) is 2.74. The van der Waals surface area contributed by atoms with E-state index in [0.29, 0.717) is 24.4 Å². The lowest BCUT2D eigenvalue weighted by atomic mass is 10.1. The molecule has 1 saturated carbocycles. The fourth-order valence-corrected chi connectivity index (χ4v) is 2.74. The third-order valence-electron chi connectivity index (χ3n) is 4.32. The summed E-state index contributed by atoms with van der Waals surface area (Å²) >= 11 is 0. The van der Waals surface area contributed by atoms with Crippen LogP contribution in [0.15, 0.2) is 35.1 Å². The van der Waals surface area contributed by atoms with Crippen LogP contribution in [0.25, 0.3) is 10.8 Å². The van der Waals surface area contributed by atoms with E-state index in [4.69, 9.17) is 5.73 Å². The molecule has 0 bridgehead atoms. The summed E-state index contributed by atoms with van der Waals surface area (Å²) in [6.07, 6.45) is 2.53. The zero-order valence-electron chi connectivity index (χ0n) is 12.0. The van der Waals surface area contributed by atoms with Gasteiger partial charge in [-0.05, 0) is 44.3 Å². The van der Waals surface area contributed by atoms with Crippen molar-refractivity contribution in [1.82, 2.24) is 9.47 Å². The first-order valence-corrected chi connectivity index (χ1v) is 7.18. The molecule has 0 radical (unpaired) electrons. The van der Waals surface area contributed by atoms with E-state index in [1.54, 1.807) is 4.57 Å². The van der Waals surface area contributed by atoms with Crippen molar-refractivity contribution in [3.8, 4) is 0 Å². The van der Waals surface area contributed by atoms with Crippen LogP contribution in [-0.2, 0) is 6.54 Å². The first-order chi connectivity index (χ1) is 9.58. The summed E-state index contributed by atoms with van der Waals surface area (Å²) in [6.45, 7) is 2.79. The molecule has 1 unspecified atom stereocenters. The van der Waals surface area contributed by atoms with Crippen LogP contribution in [-0.4, -0.2) is 28.6 Å². The van der Waals surface area contributed by atoms with Gasteiger partial charge in [-0.3, -0.25) is 14.3 Å². The summed E-state index contributed by atoms with van der Waals surface area (Å²) in [5, 5.41) is 1.65. The maximum absolute atomic E-state index is 12.6. The Bertz CT molecular complexity index is 688. The number of benzene rings is 1. The number of rotatable bonds is 4. The van der Waals surface area contributed by atoms with Gasteiger partial charge >= 0.3 is 0 Å². The molecule has 1 aliphatic carbocycles. The molecule has 2 N–H and O–H groups in total. The third kappa shape index (κ3) is 2.31. The quantitative estimate of drug-likeness (QED) is 0.926. The van der Waals surface area contributed by atoms with Gasteiger partial charge in [0.15, 0.2) is 0 Å². The van der Waals surface area contributed by atoms with Crippen molar-refractivity contribution in [2.75, 3.05) is 12.8 Å². The molecule has 0 spiro atoms. The molecule has 4 heteroatoms. The SMILES string of the molecule is CC(Cn1c(N)cc2ccccc2c1=O)N(C)C1CC1. The third-order valence-corrected chi connectivity index (χ3v) is 4.32. The Balaban J connectivity index is 1.96. The molecule has 1 heterocycles. The van der Waals surface area contributed by atoms with Crippen molar-refractivity contribution in [1.29, 1.82) is 0 Å². The van der Waals surface area contributed by atoms with Crippen LogP contribution in [0.3, 0.4) is 0 Å². The topological polar surface area (TPSA) is 51.3 Å². The van der Waals surface area contributed by atoms with Gasteiger partial charge in [0.05, 0.1) is 0 Å². The summed E-state index contributed by atoms with van der Waals surface area (Å²) in [7, 11) is 2.13. The maximum Gasteiger partial charge on any atom is 0.260 e. The van der Waals surface area contributed by atoms with Crippen LogP contribution in [0.5, 0.6) is 0 Å². The van der Waals surface area contributed by atoms with Crippen molar-refractivity contribution in [2.45, 2.75) is 38.4 Å². The number of likely N-dealkylation sites (N-methyl/N-ethyl adjacent to an activating group) is 1. The molecule has 1 atom stereocenters. The van der Waals surface area contributed by atoms with Crippen molar-refractivity contribution >= 4 is 16.6 Å². The van der Waals surface area contributed by atoms with Crippen LogP contribution in [0, 0.1) is 0 Å². The summed E-state index contributed by atoms with van der Waals surface area (Å²) < 4.78 is 1.70. The second-order valence-corrected chi connectivity index (χ2v) is 5.82. The van der Waals surface area contributed by atoms with Crippen molar-refractivity contribution in [2.24, 2.45) is 0 Å². The highest BCUT2D eigenvalue weighted by Gasteiger charge is 2.29. The van der Waals surface area contributed by atoms with Crippen molar-refractivity contribution in [3.05, 3.63) is 40.7 Å². The largest absolute Gasteiger partial charge is 0.385 e. The molecular weight excluding hydrogens is 250 g/mol. The lowest BCUT2D eigenvalue weighted by molar-refractivity contribution is 0.225. The van der Waals surface area contributed by atoms with Gasteiger partial charge in [-0.15, -0.1) is 0 Å². The Morgan fingerprint density at radius 1 is 1.40 bits per heavy atom. The molecular formula is C16H21N3O. The van der Waals surface area contributed by atoms with E-state index in [2.05, 4.69) is 18.9 Å². The smallest absolute Gasteiger partial charge is 0.260 e. The predicted molar refractivity (Wildman–Crippen MR) is 82.9 cm³/mol. The summed E-state index contributed by atoms with van der Waals surface area (Å²) in [5.41, 5.74) is 6.08. The monoisotopic (exact) mass is 271 g/mol. The highest BCUT2D eigenvalue weighted by atomic mass is 16.1. The molecule has 0 saturated heterocycles. The number of pyridine rings is 1. The first kappa shape index (κ1) is 13.2. The highest BCUT2D eigenvalue weighted by Crippen LogP contribution is 2.27. The van der Waals surface area contributed by atoms with Crippen molar-refractivity contribution < 1.29 is 0 Å². The molecule has 2 aromatic rings. The Labute approximate surface area is 118 Å². The van der Waals surface area contributed by atoms with Crippen LogP contribution in [0.4, 0.5) is 5.82 Å². The number of hydrogen-bond acceptors (Lipinski definition) is 3. The van der Waals surface area contributed by atoms with Crippen LogP contribution >= 0.6 is 0 Å². The van der Waals surface area contributed by atoms with Gasteiger partial charge in [-0.25, -0.2) is 0 Å². The molecule has 1 fully saturated rings. The highest BCUT2D eigenvalue weighted by molar-refractivity contribution is 5.83. The number of fused-ring (bicyclic) bond motifs is 1. The van der Waals surface area contributed by atoms with E-state index in [1.807, 2.05) is 30.3 Å². The van der Waals surface area contributed by atoms with Gasteiger partial charge in [0, 0.05) is 24.0 Å². The van der Waals surface area contributed by atoms with E-state index in [9.17, 15) is 4.79 Å². The molecule has 0 amide bonds. The Morgan fingerprint density at radius 2 is 2.10 bits per heavy atom. The number of nitrogens with two attached hydrogens (primary N) is 1. The van der Waals surface area contributed by atoms with Crippen LogP contribution in [0.1, 0.15) is 19.8 Å². The zero-order valence-corrected chi connectivity index (χ0v) is 12.0. The van der Waals surface area contributed by atoms with Gasteiger partial charge in [0.1, 0.15) is 5.82 Å². The average molecular weight is 271 g/mol. The number of anilines is 1. The fraction of sp³-hybridized carbons (Fsp3) is 0.438. The van der Waals surface area contributed by atoms with E-state index in [1.165, 1.54) is 12.8 Å². The molecule has 1 aromatic carbocycles. The second kappa shape index (κ2) is 4.94. The number of hydrogen-bond donors (Lipinski definition) is 1. The van der Waals surface area contributed by atoms with Gasteiger partial charge in [0.25, 0.3) is 5.56 Å². The average Bonchev–Trinajstić information content (AvgIpc) is 3.27. The molecule has 3 rings (SSSR count). The Morgan fingerprint density at radius 3 is 2.80 bits per heavy atom. The molecule has 106 valence electrons.